The summed E-state index contributed by atoms with van der Waals surface area (Å²) in [5.74, 6) is -0.162. The third kappa shape index (κ3) is 5.59. The van der Waals surface area contributed by atoms with Gasteiger partial charge in [-0.05, 0) is 51.1 Å². The third-order valence-corrected chi connectivity index (χ3v) is 4.40. The maximum Gasteiger partial charge on any atom is 0.306 e. The Hall–Kier alpha value is -2.35. The van der Waals surface area contributed by atoms with Crippen molar-refractivity contribution in [3.63, 3.8) is 0 Å². The molecule has 140 valence electrons. The van der Waals surface area contributed by atoms with Crippen LogP contribution in [-0.4, -0.2) is 34.2 Å². The summed E-state index contributed by atoms with van der Waals surface area (Å²) < 4.78 is 10.3. The van der Waals surface area contributed by atoms with E-state index in [9.17, 15) is 9.59 Å². The molecule has 0 saturated heterocycles. The predicted octanol–water partition coefficient (Wildman–Crippen LogP) is 2.59. The number of furan rings is 1. The second kappa shape index (κ2) is 9.38. The number of aryl methyl sites for hydroxylation is 2. The van der Waals surface area contributed by atoms with Crippen molar-refractivity contribution in [1.29, 1.82) is 0 Å². The number of aromatic nitrogens is 2. The average molecular weight is 377 g/mol. The minimum Gasteiger partial charge on any atom is -0.467 e. The number of rotatable bonds is 8. The summed E-state index contributed by atoms with van der Waals surface area (Å²) >= 11 is 1.48. The first-order valence-electron chi connectivity index (χ1n) is 8.28. The van der Waals surface area contributed by atoms with E-state index in [1.54, 1.807) is 19.1 Å². The summed E-state index contributed by atoms with van der Waals surface area (Å²) in [6.45, 7) is 5.60. The van der Waals surface area contributed by atoms with Crippen LogP contribution in [0.15, 0.2) is 28.0 Å². The zero-order chi connectivity index (χ0) is 19.1. The number of nitrogens with one attached hydrogen (secondary N) is 1. The number of carbonyl (C=O) groups excluding carboxylic acids is 2. The molecule has 26 heavy (non-hydrogen) atoms. The summed E-state index contributed by atoms with van der Waals surface area (Å²) in [6.07, 6.45) is 3.23. The van der Waals surface area contributed by atoms with Crippen molar-refractivity contribution in [3.8, 4) is 0 Å². The zero-order valence-electron chi connectivity index (χ0n) is 15.4. The summed E-state index contributed by atoms with van der Waals surface area (Å²) in [5.41, 5.74) is 2.66. The van der Waals surface area contributed by atoms with E-state index in [4.69, 9.17) is 9.15 Å². The van der Waals surface area contributed by atoms with Gasteiger partial charge >= 0.3 is 5.97 Å². The largest absolute Gasteiger partial charge is 0.467 e. The lowest BCUT2D eigenvalue weighted by molar-refractivity contribution is -0.154. The molecule has 1 N–H and O–H groups in total. The van der Waals surface area contributed by atoms with Gasteiger partial charge < -0.3 is 14.5 Å². The normalized spacial score (nSPS) is 11.8. The molecular formula is C18H23N3O4S. The predicted molar refractivity (Wildman–Crippen MR) is 97.7 cm³/mol. The monoisotopic (exact) mass is 377 g/mol. The molecule has 1 atom stereocenters. The highest BCUT2D eigenvalue weighted by atomic mass is 32.2. The Kier molecular flexibility index (Phi) is 7.20. The minimum atomic E-state index is -0.866. The summed E-state index contributed by atoms with van der Waals surface area (Å²) in [6, 6.07) is 3.50. The van der Waals surface area contributed by atoms with Gasteiger partial charge in [0.1, 0.15) is 5.76 Å². The van der Waals surface area contributed by atoms with Crippen LogP contribution in [0.4, 0.5) is 0 Å². The van der Waals surface area contributed by atoms with Gasteiger partial charge in [-0.2, -0.15) is 0 Å². The molecule has 0 bridgehead atoms. The number of nitrogens with zero attached hydrogens (tertiary/aromatic N) is 2. The maximum absolute atomic E-state index is 12.0. The van der Waals surface area contributed by atoms with Crippen molar-refractivity contribution in [2.45, 2.75) is 51.4 Å². The van der Waals surface area contributed by atoms with Crippen LogP contribution >= 0.6 is 11.8 Å². The minimum absolute atomic E-state index is 0.166. The molecule has 0 aliphatic carbocycles. The van der Waals surface area contributed by atoms with Crippen LogP contribution in [0.25, 0.3) is 0 Å². The van der Waals surface area contributed by atoms with E-state index in [2.05, 4.69) is 15.3 Å². The number of thioether (sulfide) groups is 1. The highest BCUT2D eigenvalue weighted by molar-refractivity contribution is 7.98. The zero-order valence-corrected chi connectivity index (χ0v) is 16.2. The van der Waals surface area contributed by atoms with Crippen LogP contribution in [0.1, 0.15) is 36.1 Å². The standard InChI is InChI=1S/C18H23N3O4S/c1-11-15(12(2)21-18(20-11)26-4)7-8-16(22)25-13(3)17(23)19-10-14-6-5-9-24-14/h5-6,9,13H,7-8,10H2,1-4H3,(H,19,23). The Labute approximate surface area is 156 Å². The van der Waals surface area contributed by atoms with E-state index >= 15 is 0 Å². The molecule has 7 nitrogen and oxygen atoms in total. The van der Waals surface area contributed by atoms with Gasteiger partial charge in [0.15, 0.2) is 11.3 Å². The van der Waals surface area contributed by atoms with Crippen molar-refractivity contribution in [1.82, 2.24) is 15.3 Å². The first kappa shape index (κ1) is 20.0. The van der Waals surface area contributed by atoms with Crippen molar-refractivity contribution < 1.29 is 18.7 Å². The van der Waals surface area contributed by atoms with E-state index in [1.165, 1.54) is 18.0 Å². The van der Waals surface area contributed by atoms with Gasteiger partial charge in [0.25, 0.3) is 5.91 Å². The van der Waals surface area contributed by atoms with Crippen LogP contribution < -0.4 is 5.32 Å². The fourth-order valence-corrected chi connectivity index (χ4v) is 2.89. The summed E-state index contributed by atoms with van der Waals surface area (Å²) in [7, 11) is 0. The van der Waals surface area contributed by atoms with Gasteiger partial charge in [0, 0.05) is 17.8 Å². The van der Waals surface area contributed by atoms with Gasteiger partial charge in [-0.3, -0.25) is 9.59 Å². The molecule has 0 aliphatic heterocycles. The Morgan fingerprint density at radius 1 is 1.31 bits per heavy atom. The van der Waals surface area contributed by atoms with Gasteiger partial charge in [-0.15, -0.1) is 0 Å². The fraction of sp³-hybridized carbons (Fsp3) is 0.444. The van der Waals surface area contributed by atoms with Crippen LogP contribution in [0.3, 0.4) is 0 Å². The number of esters is 1. The molecule has 8 heteroatoms. The SMILES string of the molecule is CSc1nc(C)c(CCC(=O)OC(C)C(=O)NCc2ccco2)c(C)n1. The van der Waals surface area contributed by atoms with E-state index in [-0.39, 0.29) is 18.9 Å². The third-order valence-electron chi connectivity index (χ3n) is 3.86. The Morgan fingerprint density at radius 2 is 2.00 bits per heavy atom. The van der Waals surface area contributed by atoms with Crippen LogP contribution in [0.2, 0.25) is 0 Å². The van der Waals surface area contributed by atoms with Crippen molar-refractivity contribution in [2.24, 2.45) is 0 Å². The molecule has 0 saturated carbocycles. The molecule has 2 rings (SSSR count). The number of amides is 1. The van der Waals surface area contributed by atoms with Gasteiger partial charge in [0.2, 0.25) is 0 Å². The number of carbonyl (C=O) groups is 2. The molecule has 2 aromatic heterocycles. The van der Waals surface area contributed by atoms with E-state index in [0.717, 1.165) is 17.0 Å². The average Bonchev–Trinajstić information content (AvgIpc) is 3.12. The molecule has 0 aromatic carbocycles. The van der Waals surface area contributed by atoms with Crippen LogP contribution in [0.5, 0.6) is 0 Å². The molecule has 2 aromatic rings. The van der Waals surface area contributed by atoms with Gasteiger partial charge in [0.05, 0.1) is 12.8 Å². The molecule has 0 radical (unpaired) electrons. The van der Waals surface area contributed by atoms with E-state index in [1.807, 2.05) is 20.1 Å². The van der Waals surface area contributed by atoms with Crippen molar-refractivity contribution in [2.75, 3.05) is 6.26 Å². The molecule has 1 amide bonds. The van der Waals surface area contributed by atoms with Gasteiger partial charge in [-0.1, -0.05) is 11.8 Å². The smallest absolute Gasteiger partial charge is 0.306 e. The van der Waals surface area contributed by atoms with E-state index in [0.29, 0.717) is 17.3 Å². The second-order valence-electron chi connectivity index (χ2n) is 5.79. The quantitative estimate of drug-likeness (QED) is 0.429. The lowest BCUT2D eigenvalue weighted by Crippen LogP contribution is -2.35. The van der Waals surface area contributed by atoms with Crippen molar-refractivity contribution in [3.05, 3.63) is 41.1 Å². The lowest BCUT2D eigenvalue weighted by atomic mass is 10.1. The number of hydrogen-bond acceptors (Lipinski definition) is 7. The number of ether oxygens (including phenoxy) is 1. The van der Waals surface area contributed by atoms with Crippen molar-refractivity contribution >= 4 is 23.6 Å². The number of hydrogen-bond donors (Lipinski definition) is 1. The Balaban J connectivity index is 1.81. The molecule has 0 spiro atoms. The fourth-order valence-electron chi connectivity index (χ4n) is 2.43. The van der Waals surface area contributed by atoms with Gasteiger partial charge in [-0.25, -0.2) is 9.97 Å². The molecule has 0 fully saturated rings. The Bertz CT molecular complexity index is 739. The van der Waals surface area contributed by atoms with E-state index < -0.39 is 12.1 Å². The lowest BCUT2D eigenvalue weighted by Gasteiger charge is -2.14. The Morgan fingerprint density at radius 3 is 2.58 bits per heavy atom. The van der Waals surface area contributed by atoms with Crippen LogP contribution in [0, 0.1) is 13.8 Å². The molecular weight excluding hydrogens is 354 g/mol. The van der Waals surface area contributed by atoms with Crippen LogP contribution in [-0.2, 0) is 27.3 Å². The molecule has 1 unspecified atom stereocenters. The first-order chi connectivity index (χ1) is 12.4. The summed E-state index contributed by atoms with van der Waals surface area (Å²) in [5, 5.41) is 3.38. The topological polar surface area (TPSA) is 94.3 Å². The maximum atomic E-state index is 12.0. The molecule has 2 heterocycles. The first-order valence-corrected chi connectivity index (χ1v) is 9.51. The summed E-state index contributed by atoms with van der Waals surface area (Å²) in [4.78, 5) is 32.8. The second-order valence-corrected chi connectivity index (χ2v) is 6.56. The highest BCUT2D eigenvalue weighted by Crippen LogP contribution is 2.17. The highest BCUT2D eigenvalue weighted by Gasteiger charge is 2.18. The molecule has 0 aliphatic rings.